The van der Waals surface area contributed by atoms with Crippen LogP contribution in [-0.2, 0) is 4.74 Å². The summed E-state index contributed by atoms with van der Waals surface area (Å²) in [6, 6.07) is 5.32. The fraction of sp³-hybridized carbons (Fsp3) is 0.438. The lowest BCUT2D eigenvalue weighted by Crippen LogP contribution is -2.32. The Kier molecular flexibility index (Phi) is 6.78. The molecule has 0 aliphatic carbocycles. The highest BCUT2D eigenvalue weighted by Gasteiger charge is 2.08. The lowest BCUT2D eigenvalue weighted by Gasteiger charge is -2.13. The number of aryl methyl sites for hydroxylation is 1. The summed E-state index contributed by atoms with van der Waals surface area (Å²) in [5.41, 5.74) is 2.33. The van der Waals surface area contributed by atoms with Crippen LogP contribution in [0.2, 0.25) is 0 Å². The Hall–Kier alpha value is -1.83. The van der Waals surface area contributed by atoms with Crippen molar-refractivity contribution < 1.29 is 14.6 Å². The molecule has 1 rings (SSSR count). The number of aliphatic hydroxyl groups is 1. The van der Waals surface area contributed by atoms with E-state index in [0.717, 1.165) is 11.1 Å². The van der Waals surface area contributed by atoms with Crippen LogP contribution in [0.3, 0.4) is 0 Å². The molecular formula is C16H21NO3. The summed E-state index contributed by atoms with van der Waals surface area (Å²) in [7, 11) is 0. The van der Waals surface area contributed by atoms with Crippen LogP contribution in [0.25, 0.3) is 0 Å². The summed E-state index contributed by atoms with van der Waals surface area (Å²) in [5, 5.41) is 11.5. The van der Waals surface area contributed by atoms with Gasteiger partial charge >= 0.3 is 0 Å². The average Bonchev–Trinajstić information content (AvgIpc) is 2.43. The van der Waals surface area contributed by atoms with Crippen LogP contribution < -0.4 is 5.32 Å². The molecule has 0 spiro atoms. The average molecular weight is 275 g/mol. The molecule has 0 bridgehead atoms. The molecule has 0 saturated heterocycles. The molecule has 0 saturated carbocycles. The van der Waals surface area contributed by atoms with Gasteiger partial charge in [-0.1, -0.05) is 11.8 Å². The molecule has 0 heterocycles. The van der Waals surface area contributed by atoms with Crippen molar-refractivity contribution in [2.24, 2.45) is 0 Å². The van der Waals surface area contributed by atoms with E-state index in [1.165, 1.54) is 0 Å². The minimum Gasteiger partial charge on any atom is -0.384 e. The van der Waals surface area contributed by atoms with Crippen molar-refractivity contribution in [2.45, 2.75) is 26.9 Å². The van der Waals surface area contributed by atoms with Gasteiger partial charge in [0.05, 0.1) is 6.10 Å². The minimum absolute atomic E-state index is 0.000240. The third-order valence-electron chi connectivity index (χ3n) is 2.79. The molecule has 108 valence electrons. The Morgan fingerprint density at radius 3 is 2.85 bits per heavy atom. The molecule has 0 aliphatic rings. The first-order chi connectivity index (χ1) is 9.58. The number of rotatable bonds is 5. The Bertz CT molecular complexity index is 514. The zero-order valence-corrected chi connectivity index (χ0v) is 12.2. The molecular weight excluding hydrogens is 254 g/mol. The number of carbonyl (C=O) groups is 1. The normalized spacial score (nSPS) is 11.4. The second kappa shape index (κ2) is 8.36. The van der Waals surface area contributed by atoms with Crippen molar-refractivity contribution in [3.63, 3.8) is 0 Å². The van der Waals surface area contributed by atoms with Crippen LogP contribution in [0.1, 0.15) is 35.3 Å². The topological polar surface area (TPSA) is 58.6 Å². The lowest BCUT2D eigenvalue weighted by molar-refractivity contribution is 0.0695. The molecule has 4 nitrogen and oxygen atoms in total. The number of hydrogen-bond acceptors (Lipinski definition) is 3. The zero-order chi connectivity index (χ0) is 15.0. The first-order valence-corrected chi connectivity index (χ1v) is 6.68. The molecule has 1 unspecified atom stereocenters. The highest BCUT2D eigenvalue weighted by atomic mass is 16.5. The number of aliphatic hydroxyl groups excluding tert-OH is 1. The van der Waals surface area contributed by atoms with Gasteiger partial charge in [0.1, 0.15) is 6.61 Å². The van der Waals surface area contributed by atoms with E-state index in [4.69, 9.17) is 9.84 Å². The number of hydrogen-bond donors (Lipinski definition) is 2. The van der Waals surface area contributed by atoms with Gasteiger partial charge in [0, 0.05) is 24.3 Å². The molecule has 0 radical (unpaired) electrons. The third kappa shape index (κ3) is 5.04. The predicted octanol–water partition coefficient (Wildman–Crippen LogP) is 1.49. The Balaban J connectivity index is 2.68. The number of benzene rings is 1. The van der Waals surface area contributed by atoms with E-state index in [-0.39, 0.29) is 18.6 Å². The fourth-order valence-electron chi connectivity index (χ4n) is 1.76. The second-order valence-corrected chi connectivity index (χ2v) is 4.47. The summed E-state index contributed by atoms with van der Waals surface area (Å²) in [6.07, 6.45) is -0.000240. The van der Waals surface area contributed by atoms with Crippen molar-refractivity contribution in [2.75, 3.05) is 19.8 Å². The van der Waals surface area contributed by atoms with Crippen molar-refractivity contribution in [1.82, 2.24) is 5.32 Å². The molecule has 0 aromatic heterocycles. The molecule has 1 aromatic rings. The summed E-state index contributed by atoms with van der Waals surface area (Å²) in [4.78, 5) is 12.0. The number of amides is 1. The van der Waals surface area contributed by atoms with Gasteiger partial charge in [-0.3, -0.25) is 4.79 Å². The van der Waals surface area contributed by atoms with Gasteiger partial charge in [-0.2, -0.15) is 0 Å². The maximum atomic E-state index is 12.0. The largest absolute Gasteiger partial charge is 0.384 e. The number of ether oxygens (including phenoxy) is 1. The monoisotopic (exact) mass is 275 g/mol. The summed E-state index contributed by atoms with van der Waals surface area (Å²) in [6.45, 7) is 6.68. The van der Waals surface area contributed by atoms with Gasteiger partial charge in [-0.25, -0.2) is 0 Å². The molecule has 20 heavy (non-hydrogen) atoms. The molecule has 0 fully saturated rings. The SMILES string of the molecule is CCOC(C)CNC(=O)c1ccc(C#CCO)c(C)c1. The standard InChI is InChI=1S/C16H21NO3/c1-4-20-13(3)11-17-16(19)15-8-7-14(6-5-9-18)12(2)10-15/h7-8,10,13,18H,4,9,11H2,1-3H3,(H,17,19). The van der Waals surface area contributed by atoms with Gasteiger partial charge < -0.3 is 15.2 Å². The molecule has 4 heteroatoms. The van der Waals surface area contributed by atoms with Crippen LogP contribution in [0.15, 0.2) is 18.2 Å². The van der Waals surface area contributed by atoms with Crippen LogP contribution in [0, 0.1) is 18.8 Å². The van der Waals surface area contributed by atoms with E-state index in [0.29, 0.717) is 18.7 Å². The first kappa shape index (κ1) is 16.2. The second-order valence-electron chi connectivity index (χ2n) is 4.47. The quantitative estimate of drug-likeness (QED) is 0.801. The Labute approximate surface area is 120 Å². The maximum absolute atomic E-state index is 12.0. The Morgan fingerprint density at radius 1 is 1.50 bits per heavy atom. The van der Waals surface area contributed by atoms with E-state index in [1.807, 2.05) is 20.8 Å². The smallest absolute Gasteiger partial charge is 0.251 e. The highest BCUT2D eigenvalue weighted by Crippen LogP contribution is 2.10. The maximum Gasteiger partial charge on any atom is 0.251 e. The van der Waals surface area contributed by atoms with Crippen molar-refractivity contribution >= 4 is 5.91 Å². The van der Waals surface area contributed by atoms with Crippen LogP contribution in [0.5, 0.6) is 0 Å². The first-order valence-electron chi connectivity index (χ1n) is 6.68. The van der Waals surface area contributed by atoms with E-state index in [2.05, 4.69) is 17.2 Å². The van der Waals surface area contributed by atoms with Gasteiger partial charge in [-0.15, -0.1) is 0 Å². The van der Waals surface area contributed by atoms with Crippen LogP contribution in [-0.4, -0.2) is 36.9 Å². The summed E-state index contributed by atoms with van der Waals surface area (Å²) in [5.74, 6) is 5.32. The predicted molar refractivity (Wildman–Crippen MR) is 78.6 cm³/mol. The van der Waals surface area contributed by atoms with Crippen LogP contribution in [0.4, 0.5) is 0 Å². The molecule has 1 atom stereocenters. The van der Waals surface area contributed by atoms with E-state index in [9.17, 15) is 4.79 Å². The molecule has 1 aromatic carbocycles. The van der Waals surface area contributed by atoms with E-state index >= 15 is 0 Å². The third-order valence-corrected chi connectivity index (χ3v) is 2.79. The van der Waals surface area contributed by atoms with Gasteiger partial charge in [-0.05, 0) is 44.5 Å². The number of carbonyl (C=O) groups excluding carboxylic acids is 1. The highest BCUT2D eigenvalue weighted by molar-refractivity contribution is 5.94. The summed E-state index contributed by atoms with van der Waals surface area (Å²) >= 11 is 0. The van der Waals surface area contributed by atoms with Gasteiger partial charge in [0.2, 0.25) is 0 Å². The van der Waals surface area contributed by atoms with Gasteiger partial charge in [0.25, 0.3) is 5.91 Å². The van der Waals surface area contributed by atoms with E-state index in [1.54, 1.807) is 18.2 Å². The molecule has 0 aliphatic heterocycles. The summed E-state index contributed by atoms with van der Waals surface area (Å²) < 4.78 is 5.36. The van der Waals surface area contributed by atoms with Crippen molar-refractivity contribution in [3.8, 4) is 11.8 Å². The molecule has 1 amide bonds. The number of nitrogens with one attached hydrogen (secondary N) is 1. The van der Waals surface area contributed by atoms with Crippen LogP contribution >= 0.6 is 0 Å². The van der Waals surface area contributed by atoms with Crippen molar-refractivity contribution in [1.29, 1.82) is 0 Å². The molecule has 2 N–H and O–H groups in total. The van der Waals surface area contributed by atoms with Gasteiger partial charge in [0.15, 0.2) is 0 Å². The fourth-order valence-corrected chi connectivity index (χ4v) is 1.76. The minimum atomic E-state index is -0.170. The van der Waals surface area contributed by atoms with E-state index < -0.39 is 0 Å². The lowest BCUT2D eigenvalue weighted by atomic mass is 10.0. The van der Waals surface area contributed by atoms with Crippen molar-refractivity contribution in [3.05, 3.63) is 34.9 Å². The zero-order valence-electron chi connectivity index (χ0n) is 12.2. The Morgan fingerprint density at radius 2 is 2.25 bits per heavy atom.